The third-order valence-corrected chi connectivity index (χ3v) is 4.69. The van der Waals surface area contributed by atoms with Gasteiger partial charge in [-0.15, -0.1) is 0 Å². The van der Waals surface area contributed by atoms with E-state index in [1.807, 2.05) is 0 Å². The molecule has 0 bridgehead atoms. The lowest BCUT2D eigenvalue weighted by Gasteiger charge is -2.06. The molecule has 0 radical (unpaired) electrons. The van der Waals surface area contributed by atoms with Crippen LogP contribution in [0.2, 0.25) is 0 Å². The summed E-state index contributed by atoms with van der Waals surface area (Å²) < 4.78 is 0. The van der Waals surface area contributed by atoms with Crippen LogP contribution in [0.5, 0.6) is 0 Å². The normalized spacial score (nSPS) is 21.0. The summed E-state index contributed by atoms with van der Waals surface area (Å²) in [5, 5.41) is 10.7. The predicted molar refractivity (Wildman–Crippen MR) is 78.0 cm³/mol. The van der Waals surface area contributed by atoms with Gasteiger partial charge in [0.15, 0.2) is 11.6 Å². The molecule has 2 aliphatic rings. The van der Waals surface area contributed by atoms with Gasteiger partial charge in [-0.3, -0.25) is 19.7 Å². The summed E-state index contributed by atoms with van der Waals surface area (Å²) in [5.41, 5.74) is 0.833. The smallest absolute Gasteiger partial charge is 0.269 e. The molecule has 1 spiro atoms. The van der Waals surface area contributed by atoms with Crippen LogP contribution in [0, 0.1) is 15.5 Å². The van der Waals surface area contributed by atoms with Gasteiger partial charge in [-0.25, -0.2) is 0 Å². The number of ketones is 2. The Balaban J connectivity index is 1.71. The highest BCUT2D eigenvalue weighted by molar-refractivity contribution is 6.32. The highest BCUT2D eigenvalue weighted by Crippen LogP contribution is 2.65. The molecule has 0 amide bonds. The third-order valence-electron chi connectivity index (χ3n) is 4.69. The first-order valence-electron chi connectivity index (χ1n) is 6.98. The van der Waals surface area contributed by atoms with Crippen LogP contribution in [0.25, 0.3) is 0 Å². The van der Waals surface area contributed by atoms with Gasteiger partial charge in [-0.2, -0.15) is 0 Å². The van der Waals surface area contributed by atoms with E-state index in [2.05, 4.69) is 0 Å². The molecule has 0 aromatic heterocycles. The second-order valence-corrected chi connectivity index (χ2v) is 5.78. The molecule has 0 saturated heterocycles. The number of carbonyl (C=O) groups is 2. The van der Waals surface area contributed by atoms with Gasteiger partial charge in [0.2, 0.25) is 0 Å². The Kier molecular flexibility index (Phi) is 2.40. The van der Waals surface area contributed by atoms with Crippen molar-refractivity contribution in [1.82, 2.24) is 0 Å². The first-order chi connectivity index (χ1) is 10.6. The molecule has 0 heterocycles. The van der Waals surface area contributed by atoms with Crippen molar-refractivity contribution in [2.75, 3.05) is 0 Å². The number of hydrogen-bond donors (Lipinski definition) is 0. The Morgan fingerprint density at radius 3 is 2.00 bits per heavy atom. The van der Waals surface area contributed by atoms with Crippen molar-refractivity contribution in [3.05, 3.63) is 75.3 Å². The molecule has 2 aromatic rings. The molecule has 4 rings (SSSR count). The van der Waals surface area contributed by atoms with Crippen LogP contribution in [0.1, 0.15) is 38.6 Å². The molecule has 108 valence electrons. The molecular formula is C17H11NO4. The lowest BCUT2D eigenvalue weighted by molar-refractivity contribution is -0.384. The zero-order valence-corrected chi connectivity index (χ0v) is 11.5. The lowest BCUT2D eigenvalue weighted by Crippen LogP contribution is -2.18. The number of fused-ring (bicyclic) bond motifs is 1. The van der Waals surface area contributed by atoms with Crippen molar-refractivity contribution in [1.29, 1.82) is 0 Å². The van der Waals surface area contributed by atoms with E-state index in [4.69, 9.17) is 0 Å². The van der Waals surface area contributed by atoms with E-state index in [1.165, 1.54) is 12.1 Å². The maximum atomic E-state index is 12.6. The van der Waals surface area contributed by atoms with Gasteiger partial charge in [0.25, 0.3) is 5.69 Å². The quantitative estimate of drug-likeness (QED) is 0.484. The summed E-state index contributed by atoms with van der Waals surface area (Å²) in [6, 6.07) is 13.0. The molecule has 22 heavy (non-hydrogen) atoms. The van der Waals surface area contributed by atoms with Crippen molar-refractivity contribution in [2.45, 2.75) is 12.3 Å². The van der Waals surface area contributed by atoms with Crippen LogP contribution in [0.4, 0.5) is 5.69 Å². The number of nitro groups is 1. The number of non-ortho nitro benzene ring substituents is 1. The Morgan fingerprint density at radius 1 is 0.955 bits per heavy atom. The summed E-state index contributed by atoms with van der Waals surface area (Å²) in [7, 11) is 0. The van der Waals surface area contributed by atoms with Gasteiger partial charge >= 0.3 is 0 Å². The Bertz CT molecular complexity index is 803. The number of carbonyl (C=O) groups excluding carboxylic acids is 2. The van der Waals surface area contributed by atoms with Crippen LogP contribution >= 0.6 is 0 Å². The number of nitrogens with zero attached hydrogens (tertiary/aromatic N) is 1. The summed E-state index contributed by atoms with van der Waals surface area (Å²) in [5.74, 6) is -0.409. The average Bonchev–Trinajstić information content (AvgIpc) is 3.26. The van der Waals surface area contributed by atoms with Crippen LogP contribution in [-0.4, -0.2) is 16.5 Å². The van der Waals surface area contributed by atoms with Gasteiger partial charge in [0.1, 0.15) is 5.41 Å². The summed E-state index contributed by atoms with van der Waals surface area (Å²) >= 11 is 0. The number of benzene rings is 2. The molecule has 5 heteroatoms. The standard InChI is InChI=1S/C17H11NO4/c19-15-12-3-1-2-4-13(12)16(20)17(15)9-14(17)10-5-7-11(8-6-10)18(21)22/h1-8,14H,9H2. The molecule has 2 aliphatic carbocycles. The Labute approximate surface area is 125 Å². The van der Waals surface area contributed by atoms with E-state index in [0.717, 1.165) is 5.56 Å². The average molecular weight is 293 g/mol. The number of nitro benzene ring substituents is 1. The molecule has 1 atom stereocenters. The summed E-state index contributed by atoms with van der Waals surface area (Å²) in [6.45, 7) is 0. The van der Waals surface area contributed by atoms with Crippen molar-refractivity contribution in [3.63, 3.8) is 0 Å². The van der Waals surface area contributed by atoms with E-state index >= 15 is 0 Å². The van der Waals surface area contributed by atoms with Crippen molar-refractivity contribution < 1.29 is 14.5 Å². The maximum Gasteiger partial charge on any atom is 0.269 e. The van der Waals surface area contributed by atoms with Gasteiger partial charge < -0.3 is 0 Å². The van der Waals surface area contributed by atoms with Crippen molar-refractivity contribution in [2.24, 2.45) is 5.41 Å². The molecule has 0 N–H and O–H groups in total. The number of hydrogen-bond acceptors (Lipinski definition) is 4. The van der Waals surface area contributed by atoms with Crippen molar-refractivity contribution >= 4 is 17.3 Å². The Morgan fingerprint density at radius 2 is 1.50 bits per heavy atom. The number of rotatable bonds is 2. The van der Waals surface area contributed by atoms with Crippen molar-refractivity contribution in [3.8, 4) is 0 Å². The highest BCUT2D eigenvalue weighted by atomic mass is 16.6. The van der Waals surface area contributed by atoms with E-state index in [9.17, 15) is 19.7 Å². The first kappa shape index (κ1) is 12.9. The molecule has 5 nitrogen and oxygen atoms in total. The largest absolute Gasteiger partial charge is 0.293 e. The van der Waals surface area contributed by atoms with E-state index < -0.39 is 10.3 Å². The first-order valence-corrected chi connectivity index (χ1v) is 6.98. The van der Waals surface area contributed by atoms with Gasteiger partial charge in [-0.05, 0) is 12.0 Å². The molecule has 1 saturated carbocycles. The Hall–Kier alpha value is -2.82. The molecule has 2 aromatic carbocycles. The predicted octanol–water partition coefficient (Wildman–Crippen LogP) is 3.15. The number of Topliss-reactive ketones (excluding diaryl/α,β-unsaturated/α-hetero) is 2. The third kappa shape index (κ3) is 1.48. The van der Waals surface area contributed by atoms with E-state index in [0.29, 0.717) is 17.5 Å². The minimum absolute atomic E-state index is 0.00538. The lowest BCUT2D eigenvalue weighted by atomic mass is 9.94. The molecule has 1 fully saturated rings. The topological polar surface area (TPSA) is 77.3 Å². The van der Waals surface area contributed by atoms with Gasteiger partial charge in [0, 0.05) is 29.2 Å². The van der Waals surface area contributed by atoms with Gasteiger partial charge in [0.05, 0.1) is 4.92 Å². The van der Waals surface area contributed by atoms with Crippen LogP contribution in [-0.2, 0) is 0 Å². The summed E-state index contributed by atoms with van der Waals surface area (Å²) in [4.78, 5) is 35.5. The molecular weight excluding hydrogens is 282 g/mol. The van der Waals surface area contributed by atoms with E-state index in [1.54, 1.807) is 36.4 Å². The zero-order chi connectivity index (χ0) is 15.5. The molecule has 1 unspecified atom stereocenters. The van der Waals surface area contributed by atoms with Crippen LogP contribution in [0.3, 0.4) is 0 Å². The fourth-order valence-electron chi connectivity index (χ4n) is 3.46. The monoisotopic (exact) mass is 293 g/mol. The second kappa shape index (κ2) is 4.10. The SMILES string of the molecule is O=C1c2ccccc2C(=O)C12CC2c1ccc([N+](=O)[O-])cc1. The van der Waals surface area contributed by atoms with Crippen LogP contribution < -0.4 is 0 Å². The minimum atomic E-state index is -0.972. The maximum absolute atomic E-state index is 12.6. The zero-order valence-electron chi connectivity index (χ0n) is 11.5. The second-order valence-electron chi connectivity index (χ2n) is 5.78. The fraction of sp³-hybridized carbons (Fsp3) is 0.176. The summed E-state index contributed by atoms with van der Waals surface area (Å²) in [6.07, 6.45) is 0.483. The molecule has 0 aliphatic heterocycles. The highest BCUT2D eigenvalue weighted by Gasteiger charge is 2.69. The fourth-order valence-corrected chi connectivity index (χ4v) is 3.46. The van der Waals surface area contributed by atoms with E-state index in [-0.39, 0.29) is 23.2 Å². The van der Waals surface area contributed by atoms with Gasteiger partial charge in [-0.1, -0.05) is 36.4 Å². The minimum Gasteiger partial charge on any atom is -0.293 e. The van der Waals surface area contributed by atoms with Crippen LogP contribution in [0.15, 0.2) is 48.5 Å².